The first-order valence-corrected chi connectivity index (χ1v) is 7.45. The Morgan fingerprint density at radius 2 is 2.35 bits per heavy atom. The lowest BCUT2D eigenvalue weighted by Crippen LogP contribution is -2.34. The van der Waals surface area contributed by atoms with E-state index in [1.807, 2.05) is 17.5 Å². The second-order valence-corrected chi connectivity index (χ2v) is 5.50. The van der Waals surface area contributed by atoms with Crippen molar-refractivity contribution in [2.45, 2.75) is 25.5 Å². The molecule has 0 aliphatic carbocycles. The number of nitrogens with zero attached hydrogens (tertiary/aromatic N) is 2. The molecule has 3 rings (SSSR count). The van der Waals surface area contributed by atoms with Gasteiger partial charge in [0, 0.05) is 19.0 Å². The van der Waals surface area contributed by atoms with Crippen molar-refractivity contribution in [2.24, 2.45) is 0 Å². The maximum Gasteiger partial charge on any atom is 0.249 e. The first-order chi connectivity index (χ1) is 9.84. The fraction of sp³-hybridized carbons (Fsp3) is 0.357. The summed E-state index contributed by atoms with van der Waals surface area (Å²) in [5.74, 6) is -0.0646. The number of carbonyl (C=O) groups is 1. The Balaban J connectivity index is 1.70. The number of thiophene rings is 1. The van der Waals surface area contributed by atoms with E-state index < -0.39 is 0 Å². The van der Waals surface area contributed by atoms with Crippen molar-refractivity contribution >= 4 is 17.2 Å². The minimum Gasteiger partial charge on any atom is -0.368 e. The van der Waals surface area contributed by atoms with Crippen LogP contribution in [0.1, 0.15) is 18.5 Å². The number of carbonyl (C=O) groups excluding carboxylic acids is 1. The highest BCUT2D eigenvalue weighted by molar-refractivity contribution is 7.13. The molecule has 0 saturated carbocycles. The van der Waals surface area contributed by atoms with Crippen LogP contribution in [0, 0.1) is 0 Å². The summed E-state index contributed by atoms with van der Waals surface area (Å²) < 4.78 is 5.36. The molecule has 1 atom stereocenters. The van der Waals surface area contributed by atoms with Gasteiger partial charge in [0.2, 0.25) is 5.91 Å². The van der Waals surface area contributed by atoms with Crippen LogP contribution in [0.3, 0.4) is 0 Å². The molecule has 0 spiro atoms. The number of ether oxygens (including phenoxy) is 1. The van der Waals surface area contributed by atoms with Crippen LogP contribution in [-0.4, -0.2) is 28.6 Å². The van der Waals surface area contributed by atoms with Crippen molar-refractivity contribution in [3.05, 3.63) is 35.6 Å². The lowest BCUT2D eigenvalue weighted by Gasteiger charge is -2.11. The Kier molecular flexibility index (Phi) is 4.03. The Bertz CT molecular complexity index is 580. The summed E-state index contributed by atoms with van der Waals surface area (Å²) >= 11 is 1.61. The molecule has 2 aromatic rings. The van der Waals surface area contributed by atoms with Gasteiger partial charge in [-0.2, -0.15) is 0 Å². The van der Waals surface area contributed by atoms with Crippen LogP contribution in [0.15, 0.2) is 29.9 Å². The van der Waals surface area contributed by atoms with Crippen molar-refractivity contribution < 1.29 is 9.53 Å². The van der Waals surface area contributed by atoms with Crippen LogP contribution < -0.4 is 5.32 Å². The van der Waals surface area contributed by atoms with Crippen molar-refractivity contribution in [1.82, 2.24) is 15.3 Å². The largest absolute Gasteiger partial charge is 0.368 e. The predicted octanol–water partition coefficient (Wildman–Crippen LogP) is 2.00. The van der Waals surface area contributed by atoms with Gasteiger partial charge in [-0.1, -0.05) is 6.07 Å². The molecule has 0 radical (unpaired) electrons. The molecule has 104 valence electrons. The van der Waals surface area contributed by atoms with Gasteiger partial charge >= 0.3 is 0 Å². The van der Waals surface area contributed by atoms with Crippen LogP contribution in [0.25, 0.3) is 10.6 Å². The Hall–Kier alpha value is -1.79. The average molecular weight is 289 g/mol. The Labute approximate surface area is 121 Å². The SMILES string of the molecule is O=C(NCc1nccnc1-c1cccs1)C1CCCO1. The van der Waals surface area contributed by atoms with Gasteiger partial charge in [-0.3, -0.25) is 14.8 Å². The molecule has 1 amide bonds. The van der Waals surface area contributed by atoms with Gasteiger partial charge in [0.25, 0.3) is 0 Å². The van der Waals surface area contributed by atoms with Gasteiger partial charge in [-0.15, -0.1) is 11.3 Å². The summed E-state index contributed by atoms with van der Waals surface area (Å²) in [6.45, 7) is 1.05. The quantitative estimate of drug-likeness (QED) is 0.935. The minimum atomic E-state index is -0.308. The molecule has 0 aromatic carbocycles. The van der Waals surface area contributed by atoms with Crippen molar-refractivity contribution in [2.75, 3.05) is 6.61 Å². The zero-order chi connectivity index (χ0) is 13.8. The third-order valence-corrected chi connectivity index (χ3v) is 4.06. The predicted molar refractivity (Wildman–Crippen MR) is 76.2 cm³/mol. The second-order valence-electron chi connectivity index (χ2n) is 4.55. The third-order valence-electron chi connectivity index (χ3n) is 3.18. The molecule has 2 aromatic heterocycles. The zero-order valence-corrected chi connectivity index (χ0v) is 11.7. The lowest BCUT2D eigenvalue weighted by molar-refractivity contribution is -0.130. The number of hydrogen-bond acceptors (Lipinski definition) is 5. The zero-order valence-electron chi connectivity index (χ0n) is 10.9. The van der Waals surface area contributed by atoms with Gasteiger partial charge in [0.05, 0.1) is 17.1 Å². The standard InChI is InChI=1S/C14H15N3O2S/c18-14(11-3-1-7-19-11)17-9-10-13(16-6-5-15-10)12-4-2-8-20-12/h2,4-6,8,11H,1,3,7,9H2,(H,17,18). The van der Waals surface area contributed by atoms with Crippen molar-refractivity contribution in [1.29, 1.82) is 0 Å². The van der Waals surface area contributed by atoms with Crippen molar-refractivity contribution in [3.8, 4) is 10.6 Å². The summed E-state index contributed by atoms with van der Waals surface area (Å²) in [7, 11) is 0. The molecule has 5 nitrogen and oxygen atoms in total. The van der Waals surface area contributed by atoms with E-state index in [1.165, 1.54) is 0 Å². The van der Waals surface area contributed by atoms with Gasteiger partial charge in [0.1, 0.15) is 11.8 Å². The molecule has 1 N–H and O–H groups in total. The highest BCUT2D eigenvalue weighted by atomic mass is 32.1. The van der Waals surface area contributed by atoms with E-state index in [9.17, 15) is 4.79 Å². The molecule has 20 heavy (non-hydrogen) atoms. The van der Waals surface area contributed by atoms with Crippen LogP contribution in [0.2, 0.25) is 0 Å². The van der Waals surface area contributed by atoms with Gasteiger partial charge < -0.3 is 10.1 Å². The van der Waals surface area contributed by atoms with E-state index in [2.05, 4.69) is 15.3 Å². The number of rotatable bonds is 4. The van der Waals surface area contributed by atoms with E-state index in [0.717, 1.165) is 29.1 Å². The minimum absolute atomic E-state index is 0.0646. The third kappa shape index (κ3) is 2.86. The molecule has 0 bridgehead atoms. The first-order valence-electron chi connectivity index (χ1n) is 6.57. The summed E-state index contributed by atoms with van der Waals surface area (Å²) in [5.41, 5.74) is 1.61. The molecular formula is C14H15N3O2S. The van der Waals surface area contributed by atoms with Crippen LogP contribution in [-0.2, 0) is 16.1 Å². The molecule has 1 unspecified atom stereocenters. The lowest BCUT2D eigenvalue weighted by atomic mass is 10.2. The van der Waals surface area contributed by atoms with E-state index in [4.69, 9.17) is 4.74 Å². The van der Waals surface area contributed by atoms with E-state index >= 15 is 0 Å². The van der Waals surface area contributed by atoms with Crippen molar-refractivity contribution in [3.63, 3.8) is 0 Å². The fourth-order valence-electron chi connectivity index (χ4n) is 2.18. The first kappa shape index (κ1) is 13.2. The highest BCUT2D eigenvalue weighted by Crippen LogP contribution is 2.24. The molecule has 1 aliphatic heterocycles. The number of amides is 1. The van der Waals surface area contributed by atoms with E-state index in [0.29, 0.717) is 13.2 Å². The Morgan fingerprint density at radius 3 is 3.10 bits per heavy atom. The molecule has 6 heteroatoms. The smallest absolute Gasteiger partial charge is 0.249 e. The fourth-order valence-corrected chi connectivity index (χ4v) is 2.93. The summed E-state index contributed by atoms with van der Waals surface area (Å²) in [4.78, 5) is 21.7. The number of hydrogen-bond donors (Lipinski definition) is 1. The topological polar surface area (TPSA) is 64.1 Å². The normalized spacial score (nSPS) is 18.1. The average Bonchev–Trinajstić information content (AvgIpc) is 3.17. The maximum absolute atomic E-state index is 11.9. The molecular weight excluding hydrogens is 274 g/mol. The monoisotopic (exact) mass is 289 g/mol. The summed E-state index contributed by atoms with van der Waals surface area (Å²) in [6.07, 6.45) is 4.75. The highest BCUT2D eigenvalue weighted by Gasteiger charge is 2.23. The number of aromatic nitrogens is 2. The summed E-state index contributed by atoms with van der Waals surface area (Å²) in [6, 6.07) is 3.98. The second kappa shape index (κ2) is 6.11. The maximum atomic E-state index is 11.9. The Morgan fingerprint density at radius 1 is 1.45 bits per heavy atom. The van der Waals surface area contributed by atoms with Crippen LogP contribution >= 0.6 is 11.3 Å². The molecule has 1 fully saturated rings. The number of nitrogens with one attached hydrogen (secondary N) is 1. The van der Waals surface area contributed by atoms with Crippen LogP contribution in [0.4, 0.5) is 0 Å². The summed E-state index contributed by atoms with van der Waals surface area (Å²) in [5, 5.41) is 4.88. The molecule has 1 saturated heterocycles. The van der Waals surface area contributed by atoms with Crippen LogP contribution in [0.5, 0.6) is 0 Å². The molecule has 3 heterocycles. The van der Waals surface area contributed by atoms with Gasteiger partial charge in [-0.25, -0.2) is 0 Å². The van der Waals surface area contributed by atoms with Gasteiger partial charge in [0.15, 0.2) is 0 Å². The molecule has 1 aliphatic rings. The van der Waals surface area contributed by atoms with E-state index in [1.54, 1.807) is 23.7 Å². The van der Waals surface area contributed by atoms with Gasteiger partial charge in [-0.05, 0) is 24.3 Å². The van der Waals surface area contributed by atoms with E-state index in [-0.39, 0.29) is 12.0 Å².